The zero-order valence-corrected chi connectivity index (χ0v) is 11.7. The minimum absolute atomic E-state index is 0.234. The standard InChI is InChI=1S/C14H16O2Si/c1-16-14(15)11-13-8-6-5-7-12(13)9-10-17(2,3)4/h7-8H,11H2,1-4H3. The van der Waals surface area contributed by atoms with Crippen molar-refractivity contribution in [3.05, 3.63) is 35.4 Å². The summed E-state index contributed by atoms with van der Waals surface area (Å²) in [5, 5.41) is 0. The first-order chi connectivity index (χ1) is 7.92. The van der Waals surface area contributed by atoms with Crippen molar-refractivity contribution < 1.29 is 9.53 Å². The molecule has 3 heteroatoms. The zero-order valence-electron chi connectivity index (χ0n) is 10.7. The number of hydrogen-bond acceptors (Lipinski definition) is 2. The molecule has 0 amide bonds. The lowest BCUT2D eigenvalue weighted by Crippen LogP contribution is -2.16. The highest BCUT2D eigenvalue weighted by Crippen LogP contribution is 2.07. The van der Waals surface area contributed by atoms with Gasteiger partial charge < -0.3 is 4.74 Å². The van der Waals surface area contributed by atoms with Crippen molar-refractivity contribution in [3.63, 3.8) is 0 Å². The van der Waals surface area contributed by atoms with Crippen molar-refractivity contribution in [2.75, 3.05) is 7.11 Å². The van der Waals surface area contributed by atoms with Crippen LogP contribution in [-0.4, -0.2) is 21.2 Å². The van der Waals surface area contributed by atoms with Gasteiger partial charge in [0.05, 0.1) is 13.5 Å². The first kappa shape index (κ1) is 13.4. The van der Waals surface area contributed by atoms with Crippen molar-refractivity contribution >= 4 is 14.0 Å². The third-order valence-corrected chi connectivity index (χ3v) is 2.90. The molecule has 0 aliphatic rings. The molecule has 0 saturated carbocycles. The molecule has 0 unspecified atom stereocenters. The van der Waals surface area contributed by atoms with Crippen molar-refractivity contribution in [2.24, 2.45) is 0 Å². The van der Waals surface area contributed by atoms with Crippen molar-refractivity contribution in [1.82, 2.24) is 0 Å². The van der Waals surface area contributed by atoms with Crippen LogP contribution in [-0.2, 0) is 16.0 Å². The van der Waals surface area contributed by atoms with Crippen LogP contribution in [0.5, 0.6) is 0 Å². The second-order valence-electron chi connectivity index (χ2n) is 4.77. The molecule has 1 aromatic carbocycles. The second-order valence-corrected chi connectivity index (χ2v) is 9.52. The number of ether oxygens (including phenoxy) is 1. The van der Waals surface area contributed by atoms with Crippen LogP contribution in [0.3, 0.4) is 0 Å². The van der Waals surface area contributed by atoms with Gasteiger partial charge in [-0.3, -0.25) is 4.79 Å². The van der Waals surface area contributed by atoms with Crippen molar-refractivity contribution in [2.45, 2.75) is 26.1 Å². The van der Waals surface area contributed by atoms with E-state index in [1.807, 2.05) is 0 Å². The van der Waals surface area contributed by atoms with E-state index in [1.165, 1.54) is 7.11 Å². The van der Waals surface area contributed by atoms with E-state index in [4.69, 9.17) is 0 Å². The number of rotatable bonds is 2. The Hall–Kier alpha value is -1.71. The Morgan fingerprint density at radius 3 is 2.59 bits per heavy atom. The van der Waals surface area contributed by atoms with Gasteiger partial charge in [0, 0.05) is 11.6 Å². The van der Waals surface area contributed by atoms with Gasteiger partial charge in [-0.15, -0.1) is 5.54 Å². The first-order valence-electron chi connectivity index (χ1n) is 5.43. The van der Waals surface area contributed by atoms with E-state index in [9.17, 15) is 4.79 Å². The normalized spacial score (nSPS) is 9.88. The van der Waals surface area contributed by atoms with Gasteiger partial charge in [0.2, 0.25) is 0 Å². The maximum Gasteiger partial charge on any atom is 0.310 e. The minimum atomic E-state index is -1.41. The number of hydrogen-bond donors (Lipinski definition) is 0. The maximum atomic E-state index is 11.2. The lowest BCUT2D eigenvalue weighted by molar-refractivity contribution is -0.139. The van der Waals surface area contributed by atoms with Crippen LogP contribution in [0.4, 0.5) is 0 Å². The fourth-order valence-corrected chi connectivity index (χ4v) is 1.67. The lowest BCUT2D eigenvalue weighted by atomic mass is 10.1. The molecular weight excluding hydrogens is 228 g/mol. The summed E-state index contributed by atoms with van der Waals surface area (Å²) in [6.07, 6.45) is 0.234. The molecular formula is C14H16O2Si. The van der Waals surface area contributed by atoms with Gasteiger partial charge >= 0.3 is 5.97 Å². The summed E-state index contributed by atoms with van der Waals surface area (Å²) in [4.78, 5) is 11.2. The maximum absolute atomic E-state index is 11.2. The smallest absolute Gasteiger partial charge is 0.310 e. The summed E-state index contributed by atoms with van der Waals surface area (Å²) in [5.41, 5.74) is 4.97. The van der Waals surface area contributed by atoms with Gasteiger partial charge in [0.1, 0.15) is 8.07 Å². The van der Waals surface area contributed by atoms with Crippen LogP contribution in [0.2, 0.25) is 19.6 Å². The topological polar surface area (TPSA) is 26.3 Å². The fraction of sp³-hybridized carbons (Fsp3) is 0.357. The third kappa shape index (κ3) is 4.76. The highest BCUT2D eigenvalue weighted by atomic mass is 28.3. The number of carbonyl (C=O) groups is 1. The molecule has 0 bridgehead atoms. The average Bonchev–Trinajstić information content (AvgIpc) is 2.26. The molecule has 0 fully saturated rings. The highest BCUT2D eigenvalue weighted by molar-refractivity contribution is 6.83. The highest BCUT2D eigenvalue weighted by Gasteiger charge is 2.09. The Balaban J connectivity index is 2.99. The molecule has 0 aliphatic heterocycles. The van der Waals surface area contributed by atoms with Gasteiger partial charge in [0.15, 0.2) is 0 Å². The molecule has 1 aromatic rings. The van der Waals surface area contributed by atoms with Crippen LogP contribution in [0.1, 0.15) is 11.1 Å². The van der Waals surface area contributed by atoms with E-state index in [1.54, 1.807) is 12.1 Å². The first-order valence-corrected chi connectivity index (χ1v) is 8.93. The predicted molar refractivity (Wildman–Crippen MR) is 70.1 cm³/mol. The molecule has 0 atom stereocenters. The Labute approximate surface area is 104 Å². The predicted octanol–water partition coefficient (Wildman–Crippen LogP) is 2.23. The van der Waals surface area contributed by atoms with Crippen LogP contribution in [0.25, 0.3) is 0 Å². The fourth-order valence-electron chi connectivity index (χ4n) is 1.16. The summed E-state index contributed by atoms with van der Waals surface area (Å²) in [6, 6.07) is 9.21. The molecule has 88 valence electrons. The van der Waals surface area contributed by atoms with Crippen LogP contribution in [0, 0.1) is 23.6 Å². The minimum Gasteiger partial charge on any atom is -0.469 e. The third-order valence-electron chi connectivity index (χ3n) is 2.03. The van der Waals surface area contributed by atoms with E-state index < -0.39 is 8.07 Å². The van der Waals surface area contributed by atoms with Crippen molar-refractivity contribution in [3.8, 4) is 11.5 Å². The van der Waals surface area contributed by atoms with E-state index in [0.29, 0.717) is 0 Å². The van der Waals surface area contributed by atoms with Gasteiger partial charge in [-0.2, -0.15) is 0 Å². The van der Waals surface area contributed by atoms with E-state index in [-0.39, 0.29) is 12.4 Å². The Morgan fingerprint density at radius 1 is 1.35 bits per heavy atom. The molecule has 17 heavy (non-hydrogen) atoms. The van der Waals surface area contributed by atoms with E-state index in [2.05, 4.69) is 48.0 Å². The average molecular weight is 244 g/mol. The summed E-state index contributed by atoms with van der Waals surface area (Å²) in [6.45, 7) is 6.54. The van der Waals surface area contributed by atoms with Crippen LogP contribution < -0.4 is 0 Å². The van der Waals surface area contributed by atoms with Crippen LogP contribution >= 0.6 is 0 Å². The number of esters is 1. The van der Waals surface area contributed by atoms with Crippen molar-refractivity contribution in [1.29, 1.82) is 0 Å². The molecule has 0 heterocycles. The molecule has 0 spiro atoms. The summed E-state index contributed by atoms with van der Waals surface area (Å²) in [5.74, 6) is 2.87. The van der Waals surface area contributed by atoms with Gasteiger partial charge in [-0.05, 0) is 11.6 Å². The molecule has 2 nitrogen and oxygen atoms in total. The van der Waals surface area contributed by atoms with E-state index in [0.717, 1.165) is 11.1 Å². The number of methoxy groups -OCH3 is 1. The molecule has 0 N–H and O–H groups in total. The monoisotopic (exact) mass is 244 g/mol. The van der Waals surface area contributed by atoms with Gasteiger partial charge in [-0.1, -0.05) is 37.7 Å². The molecule has 1 rings (SSSR count). The molecule has 0 radical (unpaired) electrons. The quantitative estimate of drug-likeness (QED) is 0.453. The van der Waals surface area contributed by atoms with Crippen LogP contribution in [0.15, 0.2) is 12.1 Å². The summed E-state index contributed by atoms with van der Waals surface area (Å²) in [7, 11) is -0.0291. The van der Waals surface area contributed by atoms with Gasteiger partial charge in [0.25, 0.3) is 0 Å². The van der Waals surface area contributed by atoms with Gasteiger partial charge in [-0.25, -0.2) is 0 Å². The molecule has 0 aliphatic carbocycles. The molecule has 0 aromatic heterocycles. The molecule has 0 saturated heterocycles. The van der Waals surface area contributed by atoms with E-state index >= 15 is 0 Å². The largest absolute Gasteiger partial charge is 0.469 e. The number of carbonyl (C=O) groups excluding carboxylic acids is 1. The second kappa shape index (κ2) is 5.57. The lowest BCUT2D eigenvalue weighted by Gasteiger charge is -2.05. The summed E-state index contributed by atoms with van der Waals surface area (Å²) < 4.78 is 4.65. The summed E-state index contributed by atoms with van der Waals surface area (Å²) >= 11 is 0. The Kier molecular flexibility index (Phi) is 4.37. The Bertz CT molecular complexity index is 461. The SMILES string of the molecule is COC(=O)Cc1cc#ccc1C#C[Si](C)(C)C. The Morgan fingerprint density at radius 2 is 2.00 bits per heavy atom. The zero-order chi connectivity index (χ0) is 12.9.